The van der Waals surface area contributed by atoms with Gasteiger partial charge in [-0.15, -0.1) is 0 Å². The van der Waals surface area contributed by atoms with Crippen LogP contribution in [0.4, 0.5) is 10.1 Å². The summed E-state index contributed by atoms with van der Waals surface area (Å²) < 4.78 is 21.8. The van der Waals surface area contributed by atoms with Gasteiger partial charge in [0.25, 0.3) is 0 Å². The van der Waals surface area contributed by atoms with E-state index >= 15 is 0 Å². The molecule has 1 saturated carbocycles. The van der Waals surface area contributed by atoms with Crippen molar-refractivity contribution in [2.24, 2.45) is 0 Å². The number of hydrogen-bond donors (Lipinski definition) is 1. The summed E-state index contributed by atoms with van der Waals surface area (Å²) >= 11 is 0. The lowest BCUT2D eigenvalue weighted by atomic mass is 10.1. The highest BCUT2D eigenvalue weighted by Crippen LogP contribution is 2.27. The van der Waals surface area contributed by atoms with Crippen LogP contribution >= 0.6 is 0 Å². The van der Waals surface area contributed by atoms with Crippen molar-refractivity contribution in [2.75, 3.05) is 25.1 Å². The van der Waals surface area contributed by atoms with Crippen LogP contribution in [0.1, 0.15) is 37.1 Å². The Morgan fingerprint density at radius 3 is 2.71 bits per heavy atom. The van der Waals surface area contributed by atoms with Crippen LogP contribution in [0, 0.1) is 19.7 Å². The molecule has 1 unspecified atom stereocenters. The molecule has 2 aliphatic rings. The summed E-state index contributed by atoms with van der Waals surface area (Å²) in [7, 11) is 0. The van der Waals surface area contributed by atoms with Gasteiger partial charge in [0.2, 0.25) is 5.91 Å². The van der Waals surface area contributed by atoms with Crippen molar-refractivity contribution in [1.82, 2.24) is 14.7 Å². The summed E-state index contributed by atoms with van der Waals surface area (Å²) in [6.45, 7) is 5.57. The average molecular weight is 386 g/mol. The molecule has 1 aliphatic heterocycles. The molecule has 1 atom stereocenters. The summed E-state index contributed by atoms with van der Waals surface area (Å²) in [5.41, 5.74) is 2.51. The molecule has 2 fully saturated rings. The number of carbonyl (C=O) groups is 1. The Morgan fingerprint density at radius 2 is 2.04 bits per heavy atom. The molecule has 1 aromatic carbocycles. The molecular weight excluding hydrogens is 359 g/mol. The molecule has 7 heteroatoms. The molecule has 4 rings (SSSR count). The van der Waals surface area contributed by atoms with Crippen molar-refractivity contribution in [3.05, 3.63) is 41.5 Å². The number of carbonyl (C=O) groups excluding carboxylic acids is 1. The minimum atomic E-state index is -0.420. The van der Waals surface area contributed by atoms with E-state index in [1.54, 1.807) is 16.8 Å². The third-order valence-electron chi connectivity index (χ3n) is 5.72. The largest absolute Gasteiger partial charge is 0.378 e. The van der Waals surface area contributed by atoms with Crippen molar-refractivity contribution < 1.29 is 13.9 Å². The van der Waals surface area contributed by atoms with Crippen molar-refractivity contribution in [2.45, 2.75) is 51.6 Å². The lowest BCUT2D eigenvalue weighted by Crippen LogP contribution is -2.55. The highest BCUT2D eigenvalue weighted by Gasteiger charge is 2.35. The molecule has 0 radical (unpaired) electrons. The van der Waals surface area contributed by atoms with Gasteiger partial charge < -0.3 is 10.1 Å². The van der Waals surface area contributed by atoms with Crippen molar-refractivity contribution >= 4 is 11.6 Å². The lowest BCUT2D eigenvalue weighted by molar-refractivity contribution is -0.129. The second kappa shape index (κ2) is 8.01. The van der Waals surface area contributed by atoms with Gasteiger partial charge in [0.15, 0.2) is 5.82 Å². The second-order valence-corrected chi connectivity index (χ2v) is 7.76. The van der Waals surface area contributed by atoms with Crippen LogP contribution in [-0.4, -0.2) is 52.4 Å². The topological polar surface area (TPSA) is 59.4 Å². The minimum Gasteiger partial charge on any atom is -0.378 e. The maximum Gasteiger partial charge on any atom is 0.244 e. The van der Waals surface area contributed by atoms with E-state index in [-0.39, 0.29) is 11.9 Å². The van der Waals surface area contributed by atoms with Crippen molar-refractivity contribution in [1.29, 1.82) is 0 Å². The summed E-state index contributed by atoms with van der Waals surface area (Å²) in [5, 5.41) is 7.20. The van der Waals surface area contributed by atoms with Crippen molar-refractivity contribution in [3.63, 3.8) is 0 Å². The number of anilines is 1. The van der Waals surface area contributed by atoms with Crippen molar-refractivity contribution in [3.8, 4) is 5.69 Å². The first-order valence-corrected chi connectivity index (χ1v) is 10.0. The zero-order chi connectivity index (χ0) is 19.7. The zero-order valence-corrected chi connectivity index (χ0v) is 16.4. The van der Waals surface area contributed by atoms with E-state index in [4.69, 9.17) is 4.74 Å². The summed E-state index contributed by atoms with van der Waals surface area (Å²) in [4.78, 5) is 15.2. The first-order chi connectivity index (χ1) is 13.5. The number of aromatic nitrogens is 2. The second-order valence-electron chi connectivity index (χ2n) is 7.76. The number of hydrogen-bond acceptors (Lipinski definition) is 4. The third kappa shape index (κ3) is 3.82. The number of benzene rings is 1. The van der Waals surface area contributed by atoms with Crippen LogP contribution in [0.25, 0.3) is 5.69 Å². The highest BCUT2D eigenvalue weighted by atomic mass is 19.1. The predicted molar refractivity (Wildman–Crippen MR) is 105 cm³/mol. The van der Waals surface area contributed by atoms with Gasteiger partial charge in [-0.2, -0.15) is 5.10 Å². The molecule has 1 amide bonds. The number of aryl methyl sites for hydroxylation is 2. The number of amides is 1. The Morgan fingerprint density at radius 1 is 1.25 bits per heavy atom. The Balaban J connectivity index is 1.49. The Bertz CT molecular complexity index is 860. The molecule has 0 spiro atoms. The lowest BCUT2D eigenvalue weighted by Gasteiger charge is -2.38. The molecule has 150 valence electrons. The fourth-order valence-corrected chi connectivity index (χ4v) is 4.37. The Labute approximate surface area is 164 Å². The molecule has 1 aliphatic carbocycles. The molecule has 1 aromatic heterocycles. The van der Waals surface area contributed by atoms with E-state index in [9.17, 15) is 9.18 Å². The van der Waals surface area contributed by atoms with Gasteiger partial charge in [0.05, 0.1) is 18.9 Å². The van der Waals surface area contributed by atoms with Gasteiger partial charge in [-0.1, -0.05) is 12.8 Å². The van der Waals surface area contributed by atoms with E-state index in [0.717, 1.165) is 30.8 Å². The van der Waals surface area contributed by atoms with Gasteiger partial charge in [-0.3, -0.25) is 9.69 Å². The van der Waals surface area contributed by atoms with E-state index in [1.165, 1.54) is 18.9 Å². The van der Waals surface area contributed by atoms with Crippen LogP contribution in [0.3, 0.4) is 0 Å². The maximum absolute atomic E-state index is 14.7. The monoisotopic (exact) mass is 386 g/mol. The number of morpholine rings is 1. The van der Waals surface area contributed by atoms with E-state index in [0.29, 0.717) is 30.6 Å². The minimum absolute atomic E-state index is 0.134. The quantitative estimate of drug-likeness (QED) is 0.877. The van der Waals surface area contributed by atoms with Crippen LogP contribution < -0.4 is 5.32 Å². The molecule has 28 heavy (non-hydrogen) atoms. The van der Waals surface area contributed by atoms with E-state index < -0.39 is 5.82 Å². The van der Waals surface area contributed by atoms with Crippen LogP contribution in [0.2, 0.25) is 0 Å². The zero-order valence-electron chi connectivity index (χ0n) is 16.4. The number of nitrogens with zero attached hydrogens (tertiary/aromatic N) is 3. The van der Waals surface area contributed by atoms with E-state index in [2.05, 4.69) is 15.3 Å². The highest BCUT2D eigenvalue weighted by molar-refractivity contribution is 5.95. The molecule has 0 bridgehead atoms. The number of nitrogens with one attached hydrogen (secondary N) is 1. The Hall–Kier alpha value is -2.25. The number of ether oxygens (including phenoxy) is 1. The smallest absolute Gasteiger partial charge is 0.244 e. The molecular formula is C21H27FN4O2. The summed E-state index contributed by atoms with van der Waals surface area (Å²) in [5.74, 6) is -0.554. The average Bonchev–Trinajstić information content (AvgIpc) is 3.31. The van der Waals surface area contributed by atoms with Gasteiger partial charge >= 0.3 is 0 Å². The number of rotatable bonds is 4. The van der Waals surface area contributed by atoms with Gasteiger partial charge in [0.1, 0.15) is 11.7 Å². The first kappa shape index (κ1) is 19.1. The van der Waals surface area contributed by atoms with Gasteiger partial charge in [-0.05, 0) is 51.0 Å². The number of halogens is 1. The van der Waals surface area contributed by atoms with Crippen LogP contribution in [-0.2, 0) is 9.53 Å². The third-order valence-corrected chi connectivity index (χ3v) is 5.72. The van der Waals surface area contributed by atoms with Gasteiger partial charge in [0, 0.05) is 24.0 Å². The summed E-state index contributed by atoms with van der Waals surface area (Å²) in [6.07, 6.45) is 4.70. The van der Waals surface area contributed by atoms with Crippen LogP contribution in [0.15, 0.2) is 24.3 Å². The fourth-order valence-electron chi connectivity index (χ4n) is 4.37. The standard InChI is InChI=1S/C21H27FN4O2/c1-14-11-15(2)26(24-14)19-8-7-16(12-18(19)22)23-21(27)20-13-28-10-9-25(20)17-5-3-4-6-17/h7-8,11-12,17,20H,3-6,9-10,13H2,1-2H3,(H,23,27). The predicted octanol–water partition coefficient (Wildman–Crippen LogP) is 3.21. The SMILES string of the molecule is Cc1cc(C)n(-c2ccc(NC(=O)C3COCCN3C3CCCC3)cc2F)n1. The molecule has 1 saturated heterocycles. The fraction of sp³-hybridized carbons (Fsp3) is 0.524. The molecule has 2 aromatic rings. The maximum atomic E-state index is 14.7. The molecule has 2 heterocycles. The van der Waals surface area contributed by atoms with Gasteiger partial charge in [-0.25, -0.2) is 9.07 Å². The normalized spacial score (nSPS) is 21.2. The van der Waals surface area contributed by atoms with Crippen LogP contribution in [0.5, 0.6) is 0 Å². The first-order valence-electron chi connectivity index (χ1n) is 10.0. The Kier molecular flexibility index (Phi) is 5.46. The molecule has 1 N–H and O–H groups in total. The summed E-state index contributed by atoms with van der Waals surface area (Å²) in [6, 6.07) is 6.75. The van der Waals surface area contributed by atoms with E-state index in [1.807, 2.05) is 19.9 Å². The molecule has 6 nitrogen and oxygen atoms in total.